The number of rotatable bonds is 13. The molecule has 3 rings (SSSR count). The predicted octanol–water partition coefficient (Wildman–Crippen LogP) is 5.57. The molecule has 3 aromatic rings. The van der Waals surface area contributed by atoms with Crippen LogP contribution in [0.1, 0.15) is 49.0 Å². The number of nitrogens with zero attached hydrogens (tertiary/aromatic N) is 1. The van der Waals surface area contributed by atoms with E-state index in [9.17, 15) is 14.4 Å². The Hall–Kier alpha value is -4.13. The zero-order chi connectivity index (χ0) is 26.5. The van der Waals surface area contributed by atoms with Gasteiger partial charge < -0.3 is 20.9 Å². The van der Waals surface area contributed by atoms with Gasteiger partial charge in [-0.15, -0.1) is 0 Å². The van der Waals surface area contributed by atoms with Gasteiger partial charge >= 0.3 is 0 Å². The Morgan fingerprint density at radius 1 is 0.676 bits per heavy atom. The molecule has 3 amide bonds. The molecule has 0 aliphatic carbocycles. The first kappa shape index (κ1) is 27.5. The molecular formula is C30H36N4O3. The number of aryl methyl sites for hydroxylation is 1. The minimum Gasteiger partial charge on any atom is -0.376 e. The maximum absolute atomic E-state index is 12.7. The summed E-state index contributed by atoms with van der Waals surface area (Å²) in [6.45, 7) is 5.67. The highest BCUT2D eigenvalue weighted by Gasteiger charge is 2.14. The van der Waals surface area contributed by atoms with E-state index >= 15 is 0 Å². The van der Waals surface area contributed by atoms with Crippen molar-refractivity contribution < 1.29 is 14.4 Å². The molecule has 3 aromatic carbocycles. The third-order valence-electron chi connectivity index (χ3n) is 5.80. The summed E-state index contributed by atoms with van der Waals surface area (Å²) in [6, 6.07) is 24.1. The highest BCUT2D eigenvalue weighted by molar-refractivity contribution is 5.97. The van der Waals surface area contributed by atoms with Crippen molar-refractivity contribution in [2.24, 2.45) is 0 Å². The molecule has 0 saturated carbocycles. The highest BCUT2D eigenvalue weighted by Crippen LogP contribution is 2.15. The van der Waals surface area contributed by atoms with Gasteiger partial charge in [0.25, 0.3) is 5.91 Å². The Labute approximate surface area is 219 Å². The van der Waals surface area contributed by atoms with Crippen molar-refractivity contribution in [2.45, 2.75) is 39.5 Å². The minimum atomic E-state index is -0.198. The first-order chi connectivity index (χ1) is 18.0. The molecule has 7 nitrogen and oxygen atoms in total. The van der Waals surface area contributed by atoms with Crippen LogP contribution in [-0.4, -0.2) is 42.3 Å². The second-order valence-corrected chi connectivity index (χ2v) is 8.88. The van der Waals surface area contributed by atoms with E-state index < -0.39 is 0 Å². The zero-order valence-electron chi connectivity index (χ0n) is 21.6. The monoisotopic (exact) mass is 500 g/mol. The second kappa shape index (κ2) is 14.4. The van der Waals surface area contributed by atoms with E-state index in [1.54, 1.807) is 36.4 Å². The molecular weight excluding hydrogens is 464 g/mol. The topological polar surface area (TPSA) is 90.5 Å². The number of amides is 3. The average molecular weight is 501 g/mol. The summed E-state index contributed by atoms with van der Waals surface area (Å²) in [4.78, 5) is 39.1. The molecule has 0 aliphatic heterocycles. The number of benzene rings is 3. The quantitative estimate of drug-likeness (QED) is 0.286. The third kappa shape index (κ3) is 9.11. The Bertz CT molecular complexity index is 1140. The van der Waals surface area contributed by atoms with Crippen molar-refractivity contribution in [3.05, 3.63) is 90.0 Å². The predicted molar refractivity (Wildman–Crippen MR) is 150 cm³/mol. The van der Waals surface area contributed by atoms with Gasteiger partial charge in [0, 0.05) is 42.1 Å². The summed E-state index contributed by atoms with van der Waals surface area (Å²) >= 11 is 0. The normalized spacial score (nSPS) is 10.4. The molecule has 0 radical (unpaired) electrons. The summed E-state index contributed by atoms with van der Waals surface area (Å²) in [5, 5.41) is 8.82. The smallest absolute Gasteiger partial charge is 0.253 e. The van der Waals surface area contributed by atoms with Crippen molar-refractivity contribution in [2.75, 3.05) is 35.6 Å². The van der Waals surface area contributed by atoms with Crippen LogP contribution in [0.4, 0.5) is 17.1 Å². The SMILES string of the molecule is CCCN(CCC)C(=O)c1ccc(NC(=O)CNc2ccc(NC(=O)CCc3ccccc3)cc2)cc1. The van der Waals surface area contributed by atoms with E-state index in [0.717, 1.165) is 37.2 Å². The molecule has 0 saturated heterocycles. The molecule has 0 spiro atoms. The Morgan fingerprint density at radius 2 is 1.22 bits per heavy atom. The lowest BCUT2D eigenvalue weighted by Gasteiger charge is -2.21. The Kier molecular flexibility index (Phi) is 10.7. The van der Waals surface area contributed by atoms with E-state index in [2.05, 4.69) is 29.8 Å². The average Bonchev–Trinajstić information content (AvgIpc) is 2.92. The first-order valence-corrected chi connectivity index (χ1v) is 12.9. The summed E-state index contributed by atoms with van der Waals surface area (Å²) in [6.07, 6.45) is 2.93. The molecule has 0 aliphatic rings. The molecule has 0 fully saturated rings. The minimum absolute atomic E-state index is 0.0130. The largest absolute Gasteiger partial charge is 0.376 e. The number of anilines is 3. The fourth-order valence-electron chi connectivity index (χ4n) is 3.92. The fourth-order valence-corrected chi connectivity index (χ4v) is 3.92. The van der Waals surface area contributed by atoms with Gasteiger partial charge in [-0.05, 0) is 73.4 Å². The maximum Gasteiger partial charge on any atom is 0.253 e. The van der Waals surface area contributed by atoms with Gasteiger partial charge in [0.15, 0.2) is 0 Å². The Balaban J connectivity index is 1.42. The van der Waals surface area contributed by atoms with Crippen molar-refractivity contribution in [3.8, 4) is 0 Å². The third-order valence-corrected chi connectivity index (χ3v) is 5.80. The summed E-state index contributed by atoms with van der Waals surface area (Å²) in [7, 11) is 0. The lowest BCUT2D eigenvalue weighted by molar-refractivity contribution is -0.116. The fraction of sp³-hybridized carbons (Fsp3) is 0.300. The number of carbonyl (C=O) groups is 3. The molecule has 7 heteroatoms. The van der Waals surface area contributed by atoms with E-state index in [-0.39, 0.29) is 24.3 Å². The first-order valence-electron chi connectivity index (χ1n) is 12.9. The molecule has 194 valence electrons. The van der Waals surface area contributed by atoms with Crippen LogP contribution in [0.15, 0.2) is 78.9 Å². The number of carbonyl (C=O) groups excluding carboxylic acids is 3. The van der Waals surface area contributed by atoms with Crippen LogP contribution in [0.25, 0.3) is 0 Å². The van der Waals surface area contributed by atoms with Crippen LogP contribution >= 0.6 is 0 Å². The Morgan fingerprint density at radius 3 is 1.81 bits per heavy atom. The second-order valence-electron chi connectivity index (χ2n) is 8.88. The van der Waals surface area contributed by atoms with Gasteiger partial charge in [-0.2, -0.15) is 0 Å². The van der Waals surface area contributed by atoms with Gasteiger partial charge in [0.05, 0.1) is 6.54 Å². The van der Waals surface area contributed by atoms with E-state index in [0.29, 0.717) is 29.8 Å². The number of nitrogens with one attached hydrogen (secondary N) is 3. The van der Waals surface area contributed by atoms with Crippen LogP contribution in [0.3, 0.4) is 0 Å². The number of hydrogen-bond donors (Lipinski definition) is 3. The van der Waals surface area contributed by atoms with Crippen LogP contribution in [0, 0.1) is 0 Å². The maximum atomic E-state index is 12.7. The van der Waals surface area contributed by atoms with Crippen molar-refractivity contribution in [3.63, 3.8) is 0 Å². The molecule has 37 heavy (non-hydrogen) atoms. The summed E-state index contributed by atoms with van der Waals surface area (Å²) < 4.78 is 0. The van der Waals surface area contributed by atoms with Gasteiger partial charge in [0.1, 0.15) is 0 Å². The molecule has 0 unspecified atom stereocenters. The van der Waals surface area contributed by atoms with E-state index in [1.165, 1.54) is 0 Å². The van der Waals surface area contributed by atoms with Crippen LogP contribution in [0.5, 0.6) is 0 Å². The van der Waals surface area contributed by atoms with E-state index in [1.807, 2.05) is 47.4 Å². The lowest BCUT2D eigenvalue weighted by atomic mass is 10.1. The van der Waals surface area contributed by atoms with Gasteiger partial charge in [-0.25, -0.2) is 0 Å². The van der Waals surface area contributed by atoms with Crippen molar-refractivity contribution in [1.29, 1.82) is 0 Å². The van der Waals surface area contributed by atoms with E-state index in [4.69, 9.17) is 0 Å². The van der Waals surface area contributed by atoms with Gasteiger partial charge in [0.2, 0.25) is 11.8 Å². The van der Waals surface area contributed by atoms with Crippen molar-refractivity contribution in [1.82, 2.24) is 4.90 Å². The van der Waals surface area contributed by atoms with Crippen LogP contribution in [-0.2, 0) is 16.0 Å². The molecule has 3 N–H and O–H groups in total. The van der Waals surface area contributed by atoms with Gasteiger partial charge in [-0.3, -0.25) is 14.4 Å². The molecule has 0 atom stereocenters. The number of hydrogen-bond acceptors (Lipinski definition) is 4. The molecule has 0 heterocycles. The summed E-state index contributed by atoms with van der Waals surface area (Å²) in [5.41, 5.74) is 3.86. The molecule has 0 bridgehead atoms. The van der Waals surface area contributed by atoms with Crippen molar-refractivity contribution >= 4 is 34.8 Å². The zero-order valence-corrected chi connectivity index (χ0v) is 21.6. The van der Waals surface area contributed by atoms with Crippen LogP contribution < -0.4 is 16.0 Å². The van der Waals surface area contributed by atoms with Crippen LogP contribution in [0.2, 0.25) is 0 Å². The lowest BCUT2D eigenvalue weighted by Crippen LogP contribution is -2.32. The van der Waals surface area contributed by atoms with Gasteiger partial charge in [-0.1, -0.05) is 44.2 Å². The standard InChI is InChI=1S/C30H36N4O3/c1-3-20-34(21-4-2)30(37)24-11-13-26(14-12-24)33-29(36)22-31-25-15-17-27(18-16-25)32-28(35)19-10-23-8-6-5-7-9-23/h5-9,11-18,31H,3-4,10,19-22H2,1-2H3,(H,32,35)(H,33,36). The highest BCUT2D eigenvalue weighted by atomic mass is 16.2. The molecule has 0 aromatic heterocycles. The summed E-state index contributed by atoms with van der Waals surface area (Å²) in [5.74, 6) is -0.227.